The molecule has 0 aromatic heterocycles. The van der Waals surface area contributed by atoms with Crippen molar-refractivity contribution >= 4 is 0 Å². The van der Waals surface area contributed by atoms with Crippen LogP contribution in [0.4, 0.5) is 0 Å². The standard InChI is InChI=1S/C8H15NO/c1-4-8(5-6-9)10-7(2)3/h7-8H,4-5H2,1-3H3. The third-order valence-electron chi connectivity index (χ3n) is 1.24. The predicted octanol–water partition coefficient (Wildman–Crippen LogP) is 2.10. The zero-order valence-electron chi connectivity index (χ0n) is 6.92. The Kier molecular flexibility index (Phi) is 4.96. The first-order valence-corrected chi connectivity index (χ1v) is 3.73. The van der Waals surface area contributed by atoms with Crippen LogP contribution in [0.15, 0.2) is 0 Å². The Hall–Kier alpha value is -0.550. The van der Waals surface area contributed by atoms with Gasteiger partial charge in [-0.3, -0.25) is 0 Å². The minimum Gasteiger partial charge on any atom is -0.375 e. The molecule has 1 unspecified atom stereocenters. The summed E-state index contributed by atoms with van der Waals surface area (Å²) in [4.78, 5) is 0. The lowest BCUT2D eigenvalue weighted by atomic mass is 10.2. The van der Waals surface area contributed by atoms with Gasteiger partial charge in [0.2, 0.25) is 0 Å². The van der Waals surface area contributed by atoms with Crippen LogP contribution in [0.3, 0.4) is 0 Å². The molecule has 0 N–H and O–H groups in total. The summed E-state index contributed by atoms with van der Waals surface area (Å²) in [5.41, 5.74) is 0. The van der Waals surface area contributed by atoms with Crippen LogP contribution in [0.1, 0.15) is 33.6 Å². The molecule has 0 fully saturated rings. The number of nitriles is 1. The van der Waals surface area contributed by atoms with E-state index in [1.807, 2.05) is 20.8 Å². The molecule has 0 saturated carbocycles. The molecular weight excluding hydrogens is 126 g/mol. The minimum absolute atomic E-state index is 0.130. The van der Waals surface area contributed by atoms with Gasteiger partial charge in [-0.05, 0) is 20.3 Å². The van der Waals surface area contributed by atoms with E-state index in [1.165, 1.54) is 0 Å². The van der Waals surface area contributed by atoms with Gasteiger partial charge < -0.3 is 4.74 Å². The summed E-state index contributed by atoms with van der Waals surface area (Å²) in [6.45, 7) is 6.00. The molecule has 10 heavy (non-hydrogen) atoms. The Morgan fingerprint density at radius 3 is 2.40 bits per heavy atom. The van der Waals surface area contributed by atoms with Crippen LogP contribution in [0.2, 0.25) is 0 Å². The van der Waals surface area contributed by atoms with Crippen molar-refractivity contribution in [1.82, 2.24) is 0 Å². The molecule has 0 aromatic rings. The van der Waals surface area contributed by atoms with Gasteiger partial charge in [0.05, 0.1) is 24.7 Å². The zero-order valence-corrected chi connectivity index (χ0v) is 6.92. The number of nitrogens with zero attached hydrogens (tertiary/aromatic N) is 1. The fourth-order valence-corrected chi connectivity index (χ4v) is 0.775. The van der Waals surface area contributed by atoms with Crippen LogP contribution in [0, 0.1) is 11.3 Å². The molecule has 0 aliphatic carbocycles. The Balaban J connectivity index is 3.52. The quantitative estimate of drug-likeness (QED) is 0.600. The lowest BCUT2D eigenvalue weighted by Gasteiger charge is -2.15. The van der Waals surface area contributed by atoms with Crippen molar-refractivity contribution < 1.29 is 4.74 Å². The van der Waals surface area contributed by atoms with E-state index in [1.54, 1.807) is 0 Å². The van der Waals surface area contributed by atoms with Gasteiger partial charge in [-0.1, -0.05) is 6.92 Å². The van der Waals surface area contributed by atoms with Crippen molar-refractivity contribution in [3.8, 4) is 6.07 Å². The second-order valence-electron chi connectivity index (χ2n) is 2.58. The van der Waals surface area contributed by atoms with E-state index in [2.05, 4.69) is 6.07 Å². The monoisotopic (exact) mass is 141 g/mol. The van der Waals surface area contributed by atoms with Gasteiger partial charge in [-0.2, -0.15) is 5.26 Å². The summed E-state index contributed by atoms with van der Waals surface area (Å²) in [5, 5.41) is 8.35. The van der Waals surface area contributed by atoms with Crippen LogP contribution in [0.5, 0.6) is 0 Å². The highest BCUT2D eigenvalue weighted by Crippen LogP contribution is 2.05. The largest absolute Gasteiger partial charge is 0.375 e. The third kappa shape index (κ3) is 4.34. The molecule has 0 radical (unpaired) electrons. The highest BCUT2D eigenvalue weighted by atomic mass is 16.5. The van der Waals surface area contributed by atoms with Crippen LogP contribution < -0.4 is 0 Å². The first-order chi connectivity index (χ1) is 4.70. The summed E-state index contributed by atoms with van der Waals surface area (Å²) >= 11 is 0. The molecular formula is C8H15NO. The van der Waals surface area contributed by atoms with E-state index in [0.717, 1.165) is 6.42 Å². The van der Waals surface area contributed by atoms with Crippen molar-refractivity contribution in [3.05, 3.63) is 0 Å². The second-order valence-corrected chi connectivity index (χ2v) is 2.58. The number of rotatable bonds is 4. The van der Waals surface area contributed by atoms with E-state index in [4.69, 9.17) is 10.00 Å². The van der Waals surface area contributed by atoms with Crippen LogP contribution in [-0.4, -0.2) is 12.2 Å². The van der Waals surface area contributed by atoms with Crippen LogP contribution >= 0.6 is 0 Å². The normalized spacial score (nSPS) is 13.1. The maximum absolute atomic E-state index is 8.35. The molecule has 0 amide bonds. The van der Waals surface area contributed by atoms with Gasteiger partial charge in [0.15, 0.2) is 0 Å². The molecule has 58 valence electrons. The Morgan fingerprint density at radius 2 is 2.10 bits per heavy atom. The van der Waals surface area contributed by atoms with E-state index < -0.39 is 0 Å². The van der Waals surface area contributed by atoms with E-state index in [-0.39, 0.29) is 12.2 Å². The first kappa shape index (κ1) is 9.45. The van der Waals surface area contributed by atoms with Crippen molar-refractivity contribution in [2.75, 3.05) is 0 Å². The zero-order chi connectivity index (χ0) is 7.98. The number of ether oxygens (including phenoxy) is 1. The molecule has 2 nitrogen and oxygen atoms in total. The van der Waals surface area contributed by atoms with Gasteiger partial charge >= 0.3 is 0 Å². The average Bonchev–Trinajstić information content (AvgIpc) is 1.86. The summed E-state index contributed by atoms with van der Waals surface area (Å²) in [6, 6.07) is 2.10. The van der Waals surface area contributed by atoms with E-state index in [9.17, 15) is 0 Å². The third-order valence-corrected chi connectivity index (χ3v) is 1.24. The highest BCUT2D eigenvalue weighted by Gasteiger charge is 2.06. The topological polar surface area (TPSA) is 33.0 Å². The van der Waals surface area contributed by atoms with Gasteiger partial charge in [0, 0.05) is 0 Å². The smallest absolute Gasteiger partial charge is 0.0705 e. The summed E-state index contributed by atoms with van der Waals surface area (Å²) in [5.74, 6) is 0. The SMILES string of the molecule is CCC(CC#N)OC(C)C. The molecule has 0 rings (SSSR count). The maximum atomic E-state index is 8.35. The van der Waals surface area contributed by atoms with Gasteiger partial charge in [-0.15, -0.1) is 0 Å². The minimum atomic E-state index is 0.130. The Bertz CT molecular complexity index is 115. The van der Waals surface area contributed by atoms with E-state index in [0.29, 0.717) is 6.42 Å². The lowest BCUT2D eigenvalue weighted by molar-refractivity contribution is 0.00889. The van der Waals surface area contributed by atoms with E-state index >= 15 is 0 Å². The molecule has 0 spiro atoms. The molecule has 1 atom stereocenters. The maximum Gasteiger partial charge on any atom is 0.0705 e. The molecule has 0 bridgehead atoms. The highest BCUT2D eigenvalue weighted by molar-refractivity contribution is 4.75. The summed E-state index contributed by atoms with van der Waals surface area (Å²) in [6.07, 6.45) is 1.80. The van der Waals surface area contributed by atoms with Crippen molar-refractivity contribution in [1.29, 1.82) is 5.26 Å². The van der Waals surface area contributed by atoms with Gasteiger partial charge in [-0.25, -0.2) is 0 Å². The molecule has 2 heteroatoms. The van der Waals surface area contributed by atoms with Crippen LogP contribution in [-0.2, 0) is 4.74 Å². The Labute approximate surface area is 62.8 Å². The Morgan fingerprint density at radius 1 is 1.50 bits per heavy atom. The van der Waals surface area contributed by atoms with Gasteiger partial charge in [0.1, 0.15) is 0 Å². The average molecular weight is 141 g/mol. The molecule has 0 aromatic carbocycles. The summed E-state index contributed by atoms with van der Waals surface area (Å²) < 4.78 is 5.42. The van der Waals surface area contributed by atoms with Crippen molar-refractivity contribution in [3.63, 3.8) is 0 Å². The fourth-order valence-electron chi connectivity index (χ4n) is 0.775. The second kappa shape index (κ2) is 5.25. The van der Waals surface area contributed by atoms with Crippen molar-refractivity contribution in [2.24, 2.45) is 0 Å². The van der Waals surface area contributed by atoms with Crippen LogP contribution in [0.25, 0.3) is 0 Å². The first-order valence-electron chi connectivity index (χ1n) is 3.73. The lowest BCUT2D eigenvalue weighted by Crippen LogP contribution is -2.15. The number of hydrogen-bond donors (Lipinski definition) is 0. The number of hydrogen-bond acceptors (Lipinski definition) is 2. The molecule has 0 heterocycles. The summed E-state index contributed by atoms with van der Waals surface area (Å²) in [7, 11) is 0. The molecule has 0 aliphatic heterocycles. The molecule has 0 saturated heterocycles. The molecule has 0 aliphatic rings. The van der Waals surface area contributed by atoms with Crippen molar-refractivity contribution in [2.45, 2.75) is 45.8 Å². The van der Waals surface area contributed by atoms with Gasteiger partial charge in [0.25, 0.3) is 0 Å². The predicted molar refractivity (Wildman–Crippen MR) is 40.5 cm³/mol. The fraction of sp³-hybridized carbons (Fsp3) is 0.875.